The van der Waals surface area contributed by atoms with E-state index in [2.05, 4.69) is 5.32 Å². The molecule has 0 aliphatic carbocycles. The van der Waals surface area contributed by atoms with Gasteiger partial charge in [0.1, 0.15) is 5.57 Å². The second-order valence-corrected chi connectivity index (χ2v) is 6.45. The van der Waals surface area contributed by atoms with Crippen LogP contribution in [0.2, 0.25) is 0 Å². The van der Waals surface area contributed by atoms with Crippen molar-refractivity contribution in [1.82, 2.24) is 9.88 Å². The van der Waals surface area contributed by atoms with E-state index in [1.54, 1.807) is 65.4 Å². The number of aromatic carboxylic acids is 1. The molecule has 30 heavy (non-hydrogen) atoms. The molecule has 0 atom stereocenters. The molecule has 1 aliphatic rings. The molecule has 8 nitrogen and oxygen atoms in total. The van der Waals surface area contributed by atoms with E-state index in [1.807, 2.05) is 0 Å². The van der Waals surface area contributed by atoms with Crippen LogP contribution >= 0.6 is 0 Å². The van der Waals surface area contributed by atoms with E-state index in [4.69, 9.17) is 5.11 Å². The number of urea groups is 1. The van der Waals surface area contributed by atoms with Crippen LogP contribution in [0, 0.1) is 0 Å². The highest BCUT2D eigenvalue weighted by atomic mass is 16.4. The zero-order chi connectivity index (χ0) is 21.3. The van der Waals surface area contributed by atoms with Gasteiger partial charge in [0.25, 0.3) is 11.8 Å². The Kier molecular flexibility index (Phi) is 4.73. The third-order valence-corrected chi connectivity index (χ3v) is 4.58. The molecule has 0 spiro atoms. The van der Waals surface area contributed by atoms with Crippen molar-refractivity contribution in [2.45, 2.75) is 0 Å². The van der Waals surface area contributed by atoms with Gasteiger partial charge in [-0.1, -0.05) is 18.2 Å². The molecule has 0 bridgehead atoms. The third kappa shape index (κ3) is 3.37. The van der Waals surface area contributed by atoms with Gasteiger partial charge in [-0.05, 0) is 54.6 Å². The second kappa shape index (κ2) is 7.51. The Balaban J connectivity index is 1.72. The number of carbonyl (C=O) groups is 4. The van der Waals surface area contributed by atoms with Crippen LogP contribution in [0.5, 0.6) is 0 Å². The highest BCUT2D eigenvalue weighted by Crippen LogP contribution is 2.23. The number of barbiturate groups is 1. The SMILES string of the molecule is O=C1NC(=O)N(c2ccccc2)C(=O)/C1=C/c1cccn1-c1ccc(C(=O)O)cc1. The number of nitrogens with one attached hydrogen (secondary N) is 1. The van der Waals surface area contributed by atoms with E-state index in [0.717, 1.165) is 4.90 Å². The average molecular weight is 401 g/mol. The number of carboxylic acid groups (broad SMARTS) is 1. The van der Waals surface area contributed by atoms with Crippen molar-refractivity contribution in [2.24, 2.45) is 0 Å². The number of carbonyl (C=O) groups excluding carboxylic acids is 3. The van der Waals surface area contributed by atoms with Crippen LogP contribution in [-0.4, -0.2) is 33.5 Å². The number of benzene rings is 2. The Morgan fingerprint density at radius 1 is 0.867 bits per heavy atom. The summed E-state index contributed by atoms with van der Waals surface area (Å²) in [7, 11) is 0. The molecule has 1 fully saturated rings. The van der Waals surface area contributed by atoms with Crippen molar-refractivity contribution in [3.8, 4) is 5.69 Å². The van der Waals surface area contributed by atoms with Gasteiger partial charge < -0.3 is 9.67 Å². The fourth-order valence-corrected chi connectivity index (χ4v) is 3.13. The molecule has 1 aliphatic heterocycles. The molecule has 4 amide bonds. The molecule has 0 saturated carbocycles. The smallest absolute Gasteiger partial charge is 0.335 e. The van der Waals surface area contributed by atoms with E-state index in [9.17, 15) is 19.2 Å². The number of rotatable bonds is 4. The van der Waals surface area contributed by atoms with Crippen molar-refractivity contribution in [2.75, 3.05) is 4.90 Å². The molecule has 148 valence electrons. The van der Waals surface area contributed by atoms with Gasteiger partial charge in [0.2, 0.25) is 0 Å². The maximum absolute atomic E-state index is 12.9. The van der Waals surface area contributed by atoms with Crippen molar-refractivity contribution in [1.29, 1.82) is 0 Å². The molecule has 4 rings (SSSR count). The number of nitrogens with zero attached hydrogens (tertiary/aromatic N) is 2. The Morgan fingerprint density at radius 3 is 2.23 bits per heavy atom. The summed E-state index contributed by atoms with van der Waals surface area (Å²) in [6.45, 7) is 0. The van der Waals surface area contributed by atoms with E-state index in [0.29, 0.717) is 17.1 Å². The highest BCUT2D eigenvalue weighted by Gasteiger charge is 2.36. The van der Waals surface area contributed by atoms with Gasteiger partial charge in [-0.3, -0.25) is 14.9 Å². The Hall–Kier alpha value is -4.46. The predicted molar refractivity (Wildman–Crippen MR) is 108 cm³/mol. The largest absolute Gasteiger partial charge is 0.478 e. The van der Waals surface area contributed by atoms with Crippen molar-refractivity contribution < 1.29 is 24.3 Å². The molecular weight excluding hydrogens is 386 g/mol. The number of aromatic nitrogens is 1. The van der Waals surface area contributed by atoms with E-state index < -0.39 is 23.8 Å². The van der Waals surface area contributed by atoms with Gasteiger partial charge >= 0.3 is 12.0 Å². The first-order valence-electron chi connectivity index (χ1n) is 8.93. The Bertz CT molecular complexity index is 1190. The molecule has 1 saturated heterocycles. The van der Waals surface area contributed by atoms with E-state index in [1.165, 1.54) is 18.2 Å². The first-order valence-corrected chi connectivity index (χ1v) is 8.93. The van der Waals surface area contributed by atoms with Gasteiger partial charge in [0.05, 0.1) is 11.3 Å². The zero-order valence-corrected chi connectivity index (χ0v) is 15.5. The third-order valence-electron chi connectivity index (χ3n) is 4.58. The number of imide groups is 2. The fourth-order valence-electron chi connectivity index (χ4n) is 3.13. The van der Waals surface area contributed by atoms with Crippen LogP contribution in [0.15, 0.2) is 78.5 Å². The molecule has 3 aromatic rings. The van der Waals surface area contributed by atoms with Crippen LogP contribution in [0.3, 0.4) is 0 Å². The highest BCUT2D eigenvalue weighted by molar-refractivity contribution is 6.39. The normalized spacial score (nSPS) is 15.4. The van der Waals surface area contributed by atoms with Gasteiger partial charge in [0.15, 0.2) is 0 Å². The summed E-state index contributed by atoms with van der Waals surface area (Å²) in [5, 5.41) is 11.2. The first kappa shape index (κ1) is 18.9. The number of carboxylic acids is 1. The molecule has 2 aromatic carbocycles. The summed E-state index contributed by atoms with van der Waals surface area (Å²) in [5.74, 6) is -2.55. The average Bonchev–Trinajstić information content (AvgIpc) is 3.20. The van der Waals surface area contributed by atoms with Crippen molar-refractivity contribution in [3.63, 3.8) is 0 Å². The van der Waals surface area contributed by atoms with Gasteiger partial charge in [-0.15, -0.1) is 0 Å². The molecule has 0 unspecified atom stereocenters. The lowest BCUT2D eigenvalue weighted by Gasteiger charge is -2.26. The second-order valence-electron chi connectivity index (χ2n) is 6.45. The van der Waals surface area contributed by atoms with Gasteiger partial charge in [-0.2, -0.15) is 0 Å². The molecule has 0 radical (unpaired) electrons. The van der Waals surface area contributed by atoms with E-state index in [-0.39, 0.29) is 11.1 Å². The monoisotopic (exact) mass is 401 g/mol. The van der Waals surface area contributed by atoms with Crippen LogP contribution in [0.4, 0.5) is 10.5 Å². The maximum Gasteiger partial charge on any atom is 0.335 e. The number of para-hydroxylation sites is 1. The van der Waals surface area contributed by atoms with Crippen LogP contribution in [0.1, 0.15) is 16.1 Å². The predicted octanol–water partition coefficient (Wildman–Crippen LogP) is 2.84. The molecule has 8 heteroatoms. The summed E-state index contributed by atoms with van der Waals surface area (Å²) in [5.41, 5.74) is 1.46. The maximum atomic E-state index is 12.9. The number of hydrogen-bond donors (Lipinski definition) is 2. The molecular formula is C22H15N3O5. The lowest BCUT2D eigenvalue weighted by atomic mass is 10.1. The summed E-state index contributed by atoms with van der Waals surface area (Å²) in [6, 6.07) is 17.1. The molecule has 2 N–H and O–H groups in total. The van der Waals surface area contributed by atoms with Crippen LogP contribution in [0.25, 0.3) is 11.8 Å². The number of amides is 4. The summed E-state index contributed by atoms with van der Waals surface area (Å²) < 4.78 is 1.70. The van der Waals surface area contributed by atoms with Crippen molar-refractivity contribution >= 4 is 35.6 Å². The zero-order valence-electron chi connectivity index (χ0n) is 15.5. The minimum absolute atomic E-state index is 0.143. The Morgan fingerprint density at radius 2 is 1.57 bits per heavy atom. The minimum Gasteiger partial charge on any atom is -0.478 e. The first-order chi connectivity index (χ1) is 14.5. The number of hydrogen-bond acceptors (Lipinski definition) is 4. The van der Waals surface area contributed by atoms with Gasteiger partial charge in [-0.25, -0.2) is 14.5 Å². The lowest BCUT2D eigenvalue weighted by Crippen LogP contribution is -2.54. The standard InChI is InChI=1S/C22H15N3O5/c26-19-18(20(27)25(22(30)23-19)16-5-2-1-3-6-16)13-17-7-4-12-24(17)15-10-8-14(9-11-15)21(28)29/h1-13H,(H,28,29)(H,23,26,30)/b18-13+. The summed E-state index contributed by atoms with van der Waals surface area (Å²) in [4.78, 5) is 49.5. The minimum atomic E-state index is -1.04. The van der Waals surface area contributed by atoms with E-state index >= 15 is 0 Å². The lowest BCUT2D eigenvalue weighted by molar-refractivity contribution is -0.122. The summed E-state index contributed by atoms with van der Waals surface area (Å²) >= 11 is 0. The summed E-state index contributed by atoms with van der Waals surface area (Å²) in [6.07, 6.45) is 3.11. The Labute approximate surface area is 170 Å². The molecule has 2 heterocycles. The van der Waals surface area contributed by atoms with Crippen LogP contribution in [-0.2, 0) is 9.59 Å². The van der Waals surface area contributed by atoms with Gasteiger partial charge in [0, 0.05) is 17.6 Å². The fraction of sp³-hybridized carbons (Fsp3) is 0. The molecule has 1 aromatic heterocycles. The van der Waals surface area contributed by atoms with Crippen LogP contribution < -0.4 is 10.2 Å². The number of anilines is 1. The topological polar surface area (TPSA) is 109 Å². The quantitative estimate of drug-likeness (QED) is 0.516. The van der Waals surface area contributed by atoms with Crippen molar-refractivity contribution in [3.05, 3.63) is 89.8 Å².